The van der Waals surface area contributed by atoms with Crippen molar-refractivity contribution in [1.29, 1.82) is 0 Å². The molecule has 1 atom stereocenters. The van der Waals surface area contributed by atoms with Gasteiger partial charge in [-0.25, -0.2) is 0 Å². The lowest BCUT2D eigenvalue weighted by molar-refractivity contribution is -0.132. The van der Waals surface area contributed by atoms with Crippen molar-refractivity contribution in [3.8, 4) is 0 Å². The van der Waals surface area contributed by atoms with Crippen LogP contribution < -0.4 is 5.73 Å². The molecule has 0 aromatic carbocycles. The van der Waals surface area contributed by atoms with E-state index in [1.165, 1.54) is 0 Å². The van der Waals surface area contributed by atoms with Gasteiger partial charge in [0.15, 0.2) is 0 Å². The average molecular weight is 155 g/mol. The lowest BCUT2D eigenvalue weighted by Crippen LogP contribution is -2.38. The molecule has 1 aliphatic carbocycles. The first-order valence-electron chi connectivity index (χ1n) is 4.07. The Balaban J connectivity index is 1.94. The number of ether oxygens (including phenoxy) is 1. The topological polar surface area (TPSA) is 52.3 Å². The van der Waals surface area contributed by atoms with Crippen LogP contribution >= 0.6 is 0 Å². The minimum atomic E-state index is 0.209. The Morgan fingerprint density at radius 1 is 1.64 bits per heavy atom. The standard InChI is InChI=1S/C8H13NO2/c9-4-7-3-8(5-11-7)1-6(10)2-8/h7H,1-5,9H2/t7-/m0/s1. The van der Waals surface area contributed by atoms with Gasteiger partial charge in [-0.15, -0.1) is 0 Å². The summed E-state index contributed by atoms with van der Waals surface area (Å²) in [4.78, 5) is 10.8. The monoisotopic (exact) mass is 155 g/mol. The molecule has 0 amide bonds. The molecule has 2 N–H and O–H groups in total. The SMILES string of the molecule is NC[C@@H]1CC2(CO1)CC(=O)C2. The summed E-state index contributed by atoms with van der Waals surface area (Å²) in [6, 6.07) is 0. The maximum absolute atomic E-state index is 10.8. The van der Waals surface area contributed by atoms with Gasteiger partial charge in [-0.05, 0) is 6.42 Å². The van der Waals surface area contributed by atoms with E-state index in [9.17, 15) is 4.79 Å². The van der Waals surface area contributed by atoms with E-state index >= 15 is 0 Å². The van der Waals surface area contributed by atoms with Gasteiger partial charge in [-0.1, -0.05) is 0 Å². The highest BCUT2D eigenvalue weighted by Gasteiger charge is 2.48. The largest absolute Gasteiger partial charge is 0.376 e. The molecule has 0 radical (unpaired) electrons. The molecule has 1 saturated heterocycles. The van der Waals surface area contributed by atoms with Crippen molar-refractivity contribution in [2.75, 3.05) is 13.2 Å². The summed E-state index contributed by atoms with van der Waals surface area (Å²) in [6.07, 6.45) is 2.66. The average Bonchev–Trinajstić information content (AvgIpc) is 2.31. The molecule has 1 spiro atoms. The Labute approximate surface area is 65.9 Å². The Hall–Kier alpha value is -0.410. The molecule has 11 heavy (non-hydrogen) atoms. The Morgan fingerprint density at radius 2 is 2.36 bits per heavy atom. The van der Waals surface area contributed by atoms with Crippen LogP contribution in [0.5, 0.6) is 0 Å². The van der Waals surface area contributed by atoms with Gasteiger partial charge < -0.3 is 10.5 Å². The van der Waals surface area contributed by atoms with Crippen LogP contribution in [0.25, 0.3) is 0 Å². The van der Waals surface area contributed by atoms with Gasteiger partial charge in [-0.2, -0.15) is 0 Å². The number of carbonyl (C=O) groups excluding carboxylic acids is 1. The number of carbonyl (C=O) groups is 1. The molecule has 2 fully saturated rings. The summed E-state index contributed by atoms with van der Waals surface area (Å²) in [5.41, 5.74) is 5.67. The molecule has 0 unspecified atom stereocenters. The van der Waals surface area contributed by atoms with Crippen molar-refractivity contribution in [3.63, 3.8) is 0 Å². The number of hydrogen-bond acceptors (Lipinski definition) is 3. The fourth-order valence-corrected chi connectivity index (χ4v) is 2.08. The van der Waals surface area contributed by atoms with Crippen LogP contribution in [0.2, 0.25) is 0 Å². The highest BCUT2D eigenvalue weighted by Crippen LogP contribution is 2.46. The van der Waals surface area contributed by atoms with Gasteiger partial charge in [0, 0.05) is 24.8 Å². The summed E-state index contributed by atoms with van der Waals surface area (Å²) in [6.45, 7) is 1.34. The molecule has 2 aliphatic rings. The van der Waals surface area contributed by atoms with E-state index in [-0.39, 0.29) is 11.5 Å². The molecule has 2 rings (SSSR count). The predicted octanol–water partition coefficient (Wildman–Crippen LogP) is 0.0833. The Morgan fingerprint density at radius 3 is 2.82 bits per heavy atom. The predicted molar refractivity (Wildman–Crippen MR) is 40.1 cm³/mol. The fourth-order valence-electron chi connectivity index (χ4n) is 2.08. The van der Waals surface area contributed by atoms with Crippen molar-refractivity contribution in [1.82, 2.24) is 0 Å². The van der Waals surface area contributed by atoms with Gasteiger partial charge >= 0.3 is 0 Å². The zero-order valence-electron chi connectivity index (χ0n) is 6.51. The zero-order valence-corrected chi connectivity index (χ0v) is 6.51. The third-order valence-electron chi connectivity index (χ3n) is 2.69. The second-order valence-corrected chi connectivity index (χ2v) is 3.77. The van der Waals surface area contributed by atoms with Crippen LogP contribution in [0.1, 0.15) is 19.3 Å². The maximum Gasteiger partial charge on any atom is 0.134 e. The molecule has 3 nitrogen and oxygen atoms in total. The van der Waals surface area contributed by atoms with E-state index in [1.807, 2.05) is 0 Å². The van der Waals surface area contributed by atoms with Crippen LogP contribution in [-0.2, 0) is 9.53 Å². The molecule has 3 heteroatoms. The molecule has 0 aromatic heterocycles. The van der Waals surface area contributed by atoms with E-state index in [0.717, 1.165) is 25.9 Å². The van der Waals surface area contributed by atoms with Crippen LogP contribution in [0, 0.1) is 5.41 Å². The van der Waals surface area contributed by atoms with E-state index in [2.05, 4.69) is 0 Å². The Kier molecular flexibility index (Phi) is 1.51. The highest BCUT2D eigenvalue weighted by molar-refractivity contribution is 5.86. The lowest BCUT2D eigenvalue weighted by atomic mass is 9.67. The molecule has 0 aromatic rings. The first-order chi connectivity index (χ1) is 5.24. The van der Waals surface area contributed by atoms with Crippen LogP contribution in [-0.4, -0.2) is 25.0 Å². The Bertz CT molecular complexity index is 183. The number of hydrogen-bond donors (Lipinski definition) is 1. The number of rotatable bonds is 1. The van der Waals surface area contributed by atoms with Crippen molar-refractivity contribution in [2.45, 2.75) is 25.4 Å². The first-order valence-corrected chi connectivity index (χ1v) is 4.07. The normalized spacial score (nSPS) is 34.3. The molecule has 1 saturated carbocycles. The summed E-state index contributed by atoms with van der Waals surface area (Å²) < 4.78 is 5.43. The second-order valence-electron chi connectivity index (χ2n) is 3.77. The summed E-state index contributed by atoms with van der Waals surface area (Å²) in [7, 11) is 0. The van der Waals surface area contributed by atoms with E-state index in [0.29, 0.717) is 12.3 Å². The fraction of sp³-hybridized carbons (Fsp3) is 0.875. The summed E-state index contributed by atoms with van der Waals surface area (Å²) in [5, 5.41) is 0. The van der Waals surface area contributed by atoms with Crippen molar-refractivity contribution in [2.24, 2.45) is 11.1 Å². The van der Waals surface area contributed by atoms with Crippen molar-refractivity contribution >= 4 is 5.78 Å². The lowest BCUT2D eigenvalue weighted by Gasteiger charge is -2.34. The van der Waals surface area contributed by atoms with Crippen LogP contribution in [0.4, 0.5) is 0 Å². The van der Waals surface area contributed by atoms with Crippen LogP contribution in [0.3, 0.4) is 0 Å². The van der Waals surface area contributed by atoms with E-state index < -0.39 is 0 Å². The number of ketones is 1. The van der Waals surface area contributed by atoms with Gasteiger partial charge in [0.1, 0.15) is 5.78 Å². The number of nitrogens with two attached hydrogens (primary N) is 1. The molecule has 62 valence electrons. The quantitative estimate of drug-likeness (QED) is 0.583. The van der Waals surface area contributed by atoms with Crippen LogP contribution in [0.15, 0.2) is 0 Å². The third-order valence-corrected chi connectivity index (χ3v) is 2.69. The smallest absolute Gasteiger partial charge is 0.134 e. The summed E-state index contributed by atoms with van der Waals surface area (Å²) >= 11 is 0. The third kappa shape index (κ3) is 1.08. The molecular formula is C8H13NO2. The first kappa shape index (κ1) is 7.25. The maximum atomic E-state index is 10.8. The van der Waals surface area contributed by atoms with Gasteiger partial charge in [0.2, 0.25) is 0 Å². The van der Waals surface area contributed by atoms with E-state index in [4.69, 9.17) is 10.5 Å². The highest BCUT2D eigenvalue weighted by atomic mass is 16.5. The second kappa shape index (κ2) is 2.29. The minimum absolute atomic E-state index is 0.209. The minimum Gasteiger partial charge on any atom is -0.376 e. The zero-order chi connectivity index (χ0) is 7.90. The van der Waals surface area contributed by atoms with Gasteiger partial charge in [-0.3, -0.25) is 4.79 Å². The van der Waals surface area contributed by atoms with Gasteiger partial charge in [0.25, 0.3) is 0 Å². The molecule has 1 heterocycles. The van der Waals surface area contributed by atoms with E-state index in [1.54, 1.807) is 0 Å². The van der Waals surface area contributed by atoms with Gasteiger partial charge in [0.05, 0.1) is 12.7 Å². The summed E-state index contributed by atoms with van der Waals surface area (Å²) in [5.74, 6) is 0.381. The molecular weight excluding hydrogens is 142 g/mol. The number of Topliss-reactive ketones (excluding diaryl/α,β-unsaturated/α-hetero) is 1. The van der Waals surface area contributed by atoms with Crippen molar-refractivity contribution < 1.29 is 9.53 Å². The molecule has 0 bridgehead atoms. The van der Waals surface area contributed by atoms with Crippen molar-refractivity contribution in [3.05, 3.63) is 0 Å². The molecule has 1 aliphatic heterocycles.